The van der Waals surface area contributed by atoms with Gasteiger partial charge >= 0.3 is 0 Å². The molecular weight excluding hydrogens is 482 g/mol. The Hall–Kier alpha value is -3.16. The van der Waals surface area contributed by atoms with Gasteiger partial charge in [0.25, 0.3) is 0 Å². The maximum Gasteiger partial charge on any atom is 0.0127 e. The van der Waals surface area contributed by atoms with Gasteiger partial charge in [0.05, 0.1) is 0 Å². The molecule has 0 aliphatic rings. The molecule has 0 aromatic heterocycles. The van der Waals surface area contributed by atoms with E-state index in [-0.39, 0.29) is 0 Å². The zero-order valence-corrected chi connectivity index (χ0v) is 24.3. The lowest BCUT2D eigenvalue weighted by Crippen LogP contribution is -2.23. The van der Waals surface area contributed by atoms with Crippen LogP contribution in [0.2, 0.25) is 0 Å². The summed E-state index contributed by atoms with van der Waals surface area (Å²) in [6.07, 6.45) is 14.5. The molecule has 4 aromatic rings. The third-order valence-corrected chi connectivity index (χ3v) is 8.48. The van der Waals surface area contributed by atoms with Crippen LogP contribution in [0, 0.1) is 5.92 Å². The molecule has 0 amide bonds. The Morgan fingerprint density at radius 2 is 0.625 bits per heavy atom. The minimum Gasteiger partial charge on any atom is -0.330 e. The molecule has 0 aliphatic carbocycles. The lowest BCUT2D eigenvalue weighted by atomic mass is 9.68. The first kappa shape index (κ1) is 29.8. The first-order chi connectivity index (χ1) is 19.9. The molecule has 4 aromatic carbocycles. The topological polar surface area (TPSA) is 26.0 Å². The highest BCUT2D eigenvalue weighted by Crippen LogP contribution is 2.46. The molecular formula is C39H49N. The summed E-state index contributed by atoms with van der Waals surface area (Å²) in [5.41, 5.74) is 11.3. The minimum absolute atomic E-state index is 0.335. The Morgan fingerprint density at radius 1 is 0.350 bits per heavy atom. The molecule has 40 heavy (non-hydrogen) atoms. The van der Waals surface area contributed by atoms with Crippen molar-refractivity contribution >= 4 is 0 Å². The average Bonchev–Trinajstić information content (AvgIpc) is 3.02. The summed E-state index contributed by atoms with van der Waals surface area (Å²) >= 11 is 0. The predicted octanol–water partition coefficient (Wildman–Crippen LogP) is 10.5. The van der Waals surface area contributed by atoms with E-state index in [1.807, 2.05) is 0 Å². The Kier molecular flexibility index (Phi) is 13.1. The van der Waals surface area contributed by atoms with Crippen LogP contribution in [-0.4, -0.2) is 6.54 Å². The Balaban J connectivity index is 1.55. The normalized spacial score (nSPS) is 11.5. The van der Waals surface area contributed by atoms with Crippen molar-refractivity contribution in [3.63, 3.8) is 0 Å². The van der Waals surface area contributed by atoms with Crippen LogP contribution in [-0.2, 0) is 0 Å². The van der Waals surface area contributed by atoms with Gasteiger partial charge in [-0.3, -0.25) is 0 Å². The van der Waals surface area contributed by atoms with Gasteiger partial charge in [-0.15, -0.1) is 0 Å². The quantitative estimate of drug-likeness (QED) is 0.127. The Morgan fingerprint density at radius 3 is 0.925 bits per heavy atom. The molecule has 0 fully saturated rings. The van der Waals surface area contributed by atoms with Crippen LogP contribution < -0.4 is 5.73 Å². The fourth-order valence-corrected chi connectivity index (χ4v) is 6.48. The number of rotatable bonds is 18. The first-order valence-electron chi connectivity index (χ1n) is 15.8. The fourth-order valence-electron chi connectivity index (χ4n) is 6.48. The Bertz CT molecular complexity index is 995. The number of benzene rings is 4. The monoisotopic (exact) mass is 531 g/mol. The van der Waals surface area contributed by atoms with E-state index in [2.05, 4.69) is 121 Å². The van der Waals surface area contributed by atoms with Crippen molar-refractivity contribution in [2.24, 2.45) is 11.7 Å². The van der Waals surface area contributed by atoms with Crippen molar-refractivity contribution < 1.29 is 0 Å². The van der Waals surface area contributed by atoms with Crippen LogP contribution in [0.4, 0.5) is 0 Å². The van der Waals surface area contributed by atoms with Gasteiger partial charge < -0.3 is 5.73 Å². The second-order valence-corrected chi connectivity index (χ2v) is 11.4. The number of nitrogens with two attached hydrogens (primary N) is 1. The summed E-state index contributed by atoms with van der Waals surface area (Å²) in [7, 11) is 0. The van der Waals surface area contributed by atoms with Gasteiger partial charge in [-0.05, 0) is 47.6 Å². The molecule has 0 saturated heterocycles. The highest BCUT2D eigenvalue weighted by atomic mass is 14.5. The van der Waals surface area contributed by atoms with E-state index in [4.69, 9.17) is 5.73 Å². The summed E-state index contributed by atoms with van der Waals surface area (Å²) in [6, 6.07) is 44.9. The van der Waals surface area contributed by atoms with Crippen LogP contribution in [0.1, 0.15) is 105 Å². The van der Waals surface area contributed by atoms with E-state index < -0.39 is 0 Å². The lowest BCUT2D eigenvalue weighted by molar-refractivity contribution is 0.370. The first-order valence-corrected chi connectivity index (χ1v) is 15.8. The molecule has 1 heteroatoms. The zero-order valence-electron chi connectivity index (χ0n) is 24.3. The van der Waals surface area contributed by atoms with Crippen LogP contribution in [0.15, 0.2) is 121 Å². The van der Waals surface area contributed by atoms with Gasteiger partial charge in [0.1, 0.15) is 0 Å². The lowest BCUT2D eigenvalue weighted by Gasteiger charge is -2.36. The van der Waals surface area contributed by atoms with Gasteiger partial charge in [-0.1, -0.05) is 179 Å². The summed E-state index contributed by atoms with van der Waals surface area (Å²) in [5, 5.41) is 0. The van der Waals surface area contributed by atoms with Gasteiger partial charge in [0, 0.05) is 11.8 Å². The van der Waals surface area contributed by atoms with Crippen molar-refractivity contribution in [1.29, 1.82) is 0 Å². The number of hydrogen-bond donors (Lipinski definition) is 1. The van der Waals surface area contributed by atoms with E-state index in [0.717, 1.165) is 6.54 Å². The highest BCUT2D eigenvalue weighted by Gasteiger charge is 2.33. The summed E-state index contributed by atoms with van der Waals surface area (Å²) in [5.74, 6) is 1.12. The van der Waals surface area contributed by atoms with Crippen LogP contribution >= 0.6 is 0 Å². The van der Waals surface area contributed by atoms with Gasteiger partial charge in [-0.25, -0.2) is 0 Å². The van der Waals surface area contributed by atoms with E-state index >= 15 is 0 Å². The summed E-state index contributed by atoms with van der Waals surface area (Å²) < 4.78 is 0. The highest BCUT2D eigenvalue weighted by molar-refractivity contribution is 5.39. The van der Waals surface area contributed by atoms with Crippen LogP contribution in [0.3, 0.4) is 0 Å². The standard InChI is InChI=1S/C39H49N/c40-32-22-8-6-4-2-1-3-5-7-21-31-37(38(33-23-13-9-14-24-33)34-25-15-10-16-26-34)39(35-27-17-11-18-28-35)36-29-19-12-20-30-36/h9-20,23-30,37-39H,1-8,21-22,31-32,40H2. The smallest absolute Gasteiger partial charge is 0.0127 e. The molecule has 1 nitrogen and oxygen atoms in total. The maximum atomic E-state index is 5.63. The number of unbranched alkanes of at least 4 members (excludes halogenated alkanes) is 9. The van der Waals surface area contributed by atoms with Crippen molar-refractivity contribution in [1.82, 2.24) is 0 Å². The van der Waals surface area contributed by atoms with Gasteiger partial charge in [0.2, 0.25) is 0 Å². The van der Waals surface area contributed by atoms with Crippen LogP contribution in [0.5, 0.6) is 0 Å². The molecule has 0 radical (unpaired) electrons. The van der Waals surface area contributed by atoms with Gasteiger partial charge in [0.15, 0.2) is 0 Å². The molecule has 0 aliphatic heterocycles. The van der Waals surface area contributed by atoms with E-state index in [1.54, 1.807) is 0 Å². The SMILES string of the molecule is NCCCCCCCCCCCCC(C(c1ccccc1)c1ccccc1)C(c1ccccc1)c1ccccc1. The van der Waals surface area contributed by atoms with Crippen LogP contribution in [0.25, 0.3) is 0 Å². The molecule has 4 rings (SSSR count). The fraction of sp³-hybridized carbons (Fsp3) is 0.385. The zero-order chi connectivity index (χ0) is 27.7. The third kappa shape index (κ3) is 9.20. The van der Waals surface area contributed by atoms with Gasteiger partial charge in [-0.2, -0.15) is 0 Å². The van der Waals surface area contributed by atoms with E-state index in [1.165, 1.54) is 92.9 Å². The van der Waals surface area contributed by atoms with Crippen molar-refractivity contribution in [3.8, 4) is 0 Å². The van der Waals surface area contributed by atoms with Crippen molar-refractivity contribution in [2.75, 3.05) is 6.54 Å². The second kappa shape index (κ2) is 17.5. The molecule has 0 spiro atoms. The Labute approximate surface area is 243 Å². The molecule has 0 unspecified atom stereocenters. The van der Waals surface area contributed by atoms with E-state index in [9.17, 15) is 0 Å². The third-order valence-electron chi connectivity index (χ3n) is 8.48. The second-order valence-electron chi connectivity index (χ2n) is 11.4. The number of hydrogen-bond acceptors (Lipinski definition) is 1. The molecule has 2 N–H and O–H groups in total. The molecule has 210 valence electrons. The molecule has 0 bridgehead atoms. The molecule has 0 heterocycles. The predicted molar refractivity (Wildman–Crippen MR) is 173 cm³/mol. The van der Waals surface area contributed by atoms with Crippen molar-refractivity contribution in [3.05, 3.63) is 144 Å². The largest absolute Gasteiger partial charge is 0.330 e. The maximum absolute atomic E-state index is 5.63. The summed E-state index contributed by atoms with van der Waals surface area (Å²) in [6.45, 7) is 0.839. The molecule has 0 saturated carbocycles. The summed E-state index contributed by atoms with van der Waals surface area (Å²) in [4.78, 5) is 0. The molecule has 0 atom stereocenters. The van der Waals surface area contributed by atoms with Crippen molar-refractivity contribution in [2.45, 2.75) is 82.5 Å². The van der Waals surface area contributed by atoms with E-state index in [0.29, 0.717) is 17.8 Å². The minimum atomic E-state index is 0.335. The average molecular weight is 532 g/mol.